The first-order valence-electron chi connectivity index (χ1n) is 9.12. The van der Waals surface area contributed by atoms with Crippen molar-refractivity contribution < 1.29 is 31.1 Å². The van der Waals surface area contributed by atoms with Gasteiger partial charge in [0.05, 0.1) is 12.2 Å². The first-order valence-corrected chi connectivity index (χ1v) is 10.6. The zero-order valence-electron chi connectivity index (χ0n) is 16.8. The van der Waals surface area contributed by atoms with E-state index in [-0.39, 0.29) is 6.54 Å². The molecule has 0 unspecified atom stereocenters. The Kier molecular flexibility index (Phi) is 7.12. The van der Waals surface area contributed by atoms with Crippen molar-refractivity contribution in [3.05, 3.63) is 53.7 Å². The third-order valence-electron chi connectivity index (χ3n) is 4.52. The van der Waals surface area contributed by atoms with Gasteiger partial charge in [-0.25, -0.2) is 13.4 Å². The number of benzene rings is 1. The zero-order valence-corrected chi connectivity index (χ0v) is 17.6. The summed E-state index contributed by atoms with van der Waals surface area (Å²) >= 11 is 0. The van der Waals surface area contributed by atoms with Gasteiger partial charge in [0.2, 0.25) is 15.7 Å². The smallest absolute Gasteiger partial charge is 0.417 e. The molecule has 2 aromatic rings. The van der Waals surface area contributed by atoms with Crippen LogP contribution in [0.4, 0.5) is 13.2 Å². The topological polar surface area (TPSA) is 85.4 Å². The number of rotatable bonds is 8. The van der Waals surface area contributed by atoms with E-state index < -0.39 is 37.3 Å². The van der Waals surface area contributed by atoms with Gasteiger partial charge in [-0.05, 0) is 51.0 Å². The molecule has 1 N–H and O–H groups in total. The standard InChI is InChI=1S/C20H23F3N2O4S/c1-14-7-4-5-8-16(14)29-12-6-11-24-18(26)19(2,3)30(27,28)17-10-9-15(13-25-17)20(21,22)23/h4-5,7-10,13H,6,11-12H2,1-3H3,(H,24,26). The summed E-state index contributed by atoms with van der Waals surface area (Å²) < 4.78 is 67.1. The van der Waals surface area contributed by atoms with Crippen molar-refractivity contribution in [2.45, 2.75) is 43.1 Å². The minimum Gasteiger partial charge on any atom is -0.493 e. The molecule has 10 heteroatoms. The Hall–Kier alpha value is -2.62. The monoisotopic (exact) mass is 444 g/mol. The van der Waals surface area contributed by atoms with Crippen LogP contribution >= 0.6 is 0 Å². The number of para-hydroxylation sites is 1. The van der Waals surface area contributed by atoms with E-state index in [9.17, 15) is 26.4 Å². The van der Waals surface area contributed by atoms with E-state index in [1.807, 2.05) is 31.2 Å². The maximum atomic E-state index is 12.7. The number of hydrogen-bond acceptors (Lipinski definition) is 5. The molecule has 0 fully saturated rings. The van der Waals surface area contributed by atoms with E-state index >= 15 is 0 Å². The third kappa shape index (κ3) is 5.29. The highest BCUT2D eigenvalue weighted by molar-refractivity contribution is 7.93. The van der Waals surface area contributed by atoms with Crippen LogP contribution < -0.4 is 10.1 Å². The van der Waals surface area contributed by atoms with E-state index in [1.54, 1.807) is 0 Å². The Bertz CT molecular complexity index is 988. The molecule has 0 saturated heterocycles. The highest BCUT2D eigenvalue weighted by Crippen LogP contribution is 2.30. The molecular formula is C20H23F3N2O4S. The maximum absolute atomic E-state index is 12.7. The zero-order chi connectivity index (χ0) is 22.6. The van der Waals surface area contributed by atoms with Gasteiger partial charge in [0.15, 0.2) is 9.77 Å². The lowest BCUT2D eigenvalue weighted by atomic mass is 10.2. The van der Waals surface area contributed by atoms with Crippen molar-refractivity contribution in [2.24, 2.45) is 0 Å². The number of sulfone groups is 1. The number of nitrogens with one attached hydrogen (secondary N) is 1. The summed E-state index contributed by atoms with van der Waals surface area (Å²) in [6.07, 6.45) is -3.76. The molecule has 164 valence electrons. The van der Waals surface area contributed by atoms with Crippen LogP contribution in [0.25, 0.3) is 0 Å². The van der Waals surface area contributed by atoms with Crippen molar-refractivity contribution in [1.82, 2.24) is 10.3 Å². The molecule has 1 aromatic carbocycles. The molecule has 6 nitrogen and oxygen atoms in total. The Labute approximate surface area is 173 Å². The summed E-state index contributed by atoms with van der Waals surface area (Å²) in [7, 11) is -4.31. The van der Waals surface area contributed by atoms with E-state index in [0.717, 1.165) is 17.4 Å². The van der Waals surface area contributed by atoms with E-state index in [1.165, 1.54) is 13.8 Å². The Morgan fingerprint density at radius 1 is 1.13 bits per heavy atom. The summed E-state index contributed by atoms with van der Waals surface area (Å²) in [5.41, 5.74) is -0.102. The van der Waals surface area contributed by atoms with Gasteiger partial charge in [-0.15, -0.1) is 0 Å². The molecule has 0 aliphatic heterocycles. The second kappa shape index (κ2) is 9.03. The fraction of sp³-hybridized carbons (Fsp3) is 0.400. The second-order valence-electron chi connectivity index (χ2n) is 7.12. The van der Waals surface area contributed by atoms with Crippen LogP contribution in [0.3, 0.4) is 0 Å². The number of hydrogen-bond donors (Lipinski definition) is 1. The highest BCUT2D eigenvalue weighted by atomic mass is 32.2. The number of halogens is 3. The molecule has 0 aliphatic rings. The number of aromatic nitrogens is 1. The lowest BCUT2D eigenvalue weighted by Gasteiger charge is -2.23. The first-order chi connectivity index (χ1) is 13.9. The number of alkyl halides is 3. The summed E-state index contributed by atoms with van der Waals surface area (Å²) in [4.78, 5) is 15.9. The molecule has 0 spiro atoms. The molecule has 30 heavy (non-hydrogen) atoms. The van der Waals surface area contributed by atoms with Crippen LogP contribution in [-0.2, 0) is 20.8 Å². The average molecular weight is 444 g/mol. The van der Waals surface area contributed by atoms with Gasteiger partial charge in [-0.1, -0.05) is 18.2 Å². The predicted octanol–water partition coefficient (Wildman–Crippen LogP) is 3.55. The number of carbonyl (C=O) groups excluding carboxylic acids is 1. The number of nitrogens with zero attached hydrogens (tertiary/aromatic N) is 1. The van der Waals surface area contributed by atoms with E-state index in [0.29, 0.717) is 25.3 Å². The molecule has 0 saturated carbocycles. The molecule has 2 rings (SSSR count). The molecule has 0 bridgehead atoms. The lowest BCUT2D eigenvalue weighted by Crippen LogP contribution is -2.48. The molecule has 1 heterocycles. The minimum absolute atomic E-state index is 0.171. The molecule has 0 aliphatic carbocycles. The number of carbonyl (C=O) groups is 1. The number of aryl methyl sites for hydroxylation is 1. The van der Waals surface area contributed by atoms with Crippen LogP contribution in [0, 0.1) is 6.92 Å². The van der Waals surface area contributed by atoms with Gasteiger partial charge in [0, 0.05) is 12.7 Å². The van der Waals surface area contributed by atoms with Crippen molar-refractivity contribution in [3.63, 3.8) is 0 Å². The van der Waals surface area contributed by atoms with Gasteiger partial charge in [-0.2, -0.15) is 13.2 Å². The fourth-order valence-corrected chi connectivity index (χ4v) is 3.76. The van der Waals surface area contributed by atoms with Crippen LogP contribution in [0.5, 0.6) is 5.75 Å². The summed E-state index contributed by atoms with van der Waals surface area (Å²) in [5.74, 6) is -0.0554. The number of pyridine rings is 1. The largest absolute Gasteiger partial charge is 0.493 e. The molecule has 1 amide bonds. The van der Waals surface area contributed by atoms with Crippen molar-refractivity contribution in [2.75, 3.05) is 13.2 Å². The van der Waals surface area contributed by atoms with Crippen molar-refractivity contribution in [1.29, 1.82) is 0 Å². The highest BCUT2D eigenvalue weighted by Gasteiger charge is 2.44. The Morgan fingerprint density at radius 2 is 1.80 bits per heavy atom. The average Bonchev–Trinajstić information content (AvgIpc) is 2.68. The van der Waals surface area contributed by atoms with Gasteiger partial charge >= 0.3 is 6.18 Å². The molecule has 0 atom stereocenters. The summed E-state index contributed by atoms with van der Waals surface area (Å²) in [6.45, 7) is 4.75. The SMILES string of the molecule is Cc1ccccc1OCCCNC(=O)C(C)(C)S(=O)(=O)c1ccc(C(F)(F)F)cn1. The quantitative estimate of drug-likeness (QED) is 0.630. The molecule has 1 aromatic heterocycles. The van der Waals surface area contributed by atoms with E-state index in [4.69, 9.17) is 4.74 Å². The Balaban J connectivity index is 1.96. The first kappa shape index (κ1) is 23.7. The number of amides is 1. The van der Waals surface area contributed by atoms with Crippen molar-refractivity contribution in [3.8, 4) is 5.75 Å². The second-order valence-corrected chi connectivity index (χ2v) is 9.57. The van der Waals surface area contributed by atoms with Gasteiger partial charge in [0.25, 0.3) is 0 Å². The fourth-order valence-electron chi connectivity index (χ4n) is 2.48. The van der Waals surface area contributed by atoms with E-state index in [2.05, 4.69) is 10.3 Å². The number of ether oxygens (including phenoxy) is 1. The third-order valence-corrected chi connectivity index (χ3v) is 6.84. The van der Waals surface area contributed by atoms with Crippen LogP contribution in [0.2, 0.25) is 0 Å². The van der Waals surface area contributed by atoms with Gasteiger partial charge < -0.3 is 10.1 Å². The molecular weight excluding hydrogens is 421 g/mol. The van der Waals surface area contributed by atoms with Gasteiger partial charge in [0.1, 0.15) is 5.75 Å². The summed E-state index contributed by atoms with van der Waals surface area (Å²) in [5, 5.41) is 1.93. The normalized spacial score (nSPS) is 12.5. The minimum atomic E-state index is -4.64. The van der Waals surface area contributed by atoms with Crippen LogP contribution in [0.1, 0.15) is 31.4 Å². The van der Waals surface area contributed by atoms with Gasteiger partial charge in [-0.3, -0.25) is 4.79 Å². The van der Waals surface area contributed by atoms with Crippen LogP contribution in [0.15, 0.2) is 47.6 Å². The van der Waals surface area contributed by atoms with Crippen molar-refractivity contribution >= 4 is 15.7 Å². The maximum Gasteiger partial charge on any atom is 0.417 e. The van der Waals surface area contributed by atoms with Crippen LogP contribution in [-0.4, -0.2) is 37.2 Å². The lowest BCUT2D eigenvalue weighted by molar-refractivity contribution is -0.137. The molecule has 0 radical (unpaired) electrons. The predicted molar refractivity (Wildman–Crippen MR) is 105 cm³/mol. The summed E-state index contributed by atoms with van der Waals surface area (Å²) in [6, 6.07) is 8.82. The Morgan fingerprint density at radius 3 is 2.37 bits per heavy atom.